The molecular weight excluding hydrogens is 309 g/mol. The Morgan fingerprint density at radius 1 is 1.00 bits per heavy atom. The van der Waals surface area contributed by atoms with Crippen molar-refractivity contribution in [1.82, 2.24) is 0 Å². The number of hydrogen-bond donors (Lipinski definition) is 1. The number of nitrogens with two attached hydrogens (primary N) is 1. The summed E-state index contributed by atoms with van der Waals surface area (Å²) in [7, 11) is 0. The maximum atomic E-state index is 6.11. The van der Waals surface area contributed by atoms with E-state index in [1.165, 1.54) is 0 Å². The second-order valence-electron chi connectivity index (χ2n) is 3.68. The first-order chi connectivity index (χ1) is 8.58. The zero-order valence-corrected chi connectivity index (χ0v) is 12.4. The summed E-state index contributed by atoms with van der Waals surface area (Å²) in [5.41, 5.74) is 7.53. The largest absolute Gasteiger partial charge is 0.398 e. The van der Waals surface area contributed by atoms with Crippen LogP contribution < -0.4 is 5.73 Å². The third kappa shape index (κ3) is 3.27. The van der Waals surface area contributed by atoms with Gasteiger partial charge >= 0.3 is 0 Å². The van der Waals surface area contributed by atoms with Gasteiger partial charge in [-0.3, -0.25) is 0 Å². The Bertz CT molecular complexity index is 552. The van der Waals surface area contributed by atoms with E-state index in [-0.39, 0.29) is 0 Å². The molecule has 0 heterocycles. The minimum Gasteiger partial charge on any atom is -0.398 e. The molecule has 0 atom stereocenters. The third-order valence-electron chi connectivity index (χ3n) is 2.38. The van der Waals surface area contributed by atoms with Crippen molar-refractivity contribution < 1.29 is 0 Å². The van der Waals surface area contributed by atoms with Crippen molar-refractivity contribution in [1.29, 1.82) is 0 Å². The van der Waals surface area contributed by atoms with E-state index in [4.69, 9.17) is 40.5 Å². The van der Waals surface area contributed by atoms with Crippen LogP contribution in [-0.2, 0) is 5.75 Å². The summed E-state index contributed by atoms with van der Waals surface area (Å²) in [6.07, 6.45) is 0. The highest BCUT2D eigenvalue weighted by molar-refractivity contribution is 7.98. The lowest BCUT2D eigenvalue weighted by Gasteiger charge is -2.08. The summed E-state index contributed by atoms with van der Waals surface area (Å²) in [4.78, 5) is 0.871. The van der Waals surface area contributed by atoms with E-state index < -0.39 is 0 Å². The summed E-state index contributed by atoms with van der Waals surface area (Å²) < 4.78 is 0. The maximum absolute atomic E-state index is 6.11. The zero-order chi connectivity index (χ0) is 13.1. The Labute approximate surface area is 125 Å². The molecule has 0 saturated heterocycles. The summed E-state index contributed by atoms with van der Waals surface area (Å²) in [6.45, 7) is 0. The highest BCUT2D eigenvalue weighted by Crippen LogP contribution is 2.36. The highest BCUT2D eigenvalue weighted by Gasteiger charge is 2.07. The lowest BCUT2D eigenvalue weighted by molar-refractivity contribution is 1.38. The first-order valence-electron chi connectivity index (χ1n) is 5.18. The van der Waals surface area contributed by atoms with Crippen LogP contribution in [-0.4, -0.2) is 0 Å². The Morgan fingerprint density at radius 2 is 1.78 bits per heavy atom. The smallest absolute Gasteiger partial charge is 0.0562 e. The third-order valence-corrected chi connectivity index (χ3v) is 4.61. The number of thioether (sulfide) groups is 1. The summed E-state index contributed by atoms with van der Waals surface area (Å²) >= 11 is 19.7. The topological polar surface area (TPSA) is 26.0 Å². The fraction of sp³-hybridized carbons (Fsp3) is 0.0769. The van der Waals surface area contributed by atoms with Crippen molar-refractivity contribution in [3.05, 3.63) is 57.0 Å². The van der Waals surface area contributed by atoms with Crippen LogP contribution in [0.15, 0.2) is 41.3 Å². The van der Waals surface area contributed by atoms with Crippen LogP contribution in [0, 0.1) is 0 Å². The molecule has 2 aromatic rings. The summed E-state index contributed by atoms with van der Waals surface area (Å²) in [5.74, 6) is 0.674. The van der Waals surface area contributed by atoms with Gasteiger partial charge in [0.15, 0.2) is 0 Å². The van der Waals surface area contributed by atoms with Gasteiger partial charge in [-0.05, 0) is 35.9 Å². The highest BCUT2D eigenvalue weighted by atomic mass is 35.5. The van der Waals surface area contributed by atoms with Crippen molar-refractivity contribution >= 4 is 52.3 Å². The molecule has 0 aliphatic heterocycles. The van der Waals surface area contributed by atoms with Crippen LogP contribution in [0.3, 0.4) is 0 Å². The summed E-state index contributed by atoms with van der Waals surface area (Å²) in [5, 5.41) is 2.01. The molecule has 2 N–H and O–H groups in total. The van der Waals surface area contributed by atoms with Crippen LogP contribution in [0.4, 0.5) is 5.69 Å². The molecule has 0 radical (unpaired) electrons. The van der Waals surface area contributed by atoms with Gasteiger partial charge in [0.05, 0.1) is 5.02 Å². The lowest BCUT2D eigenvalue weighted by Crippen LogP contribution is -1.90. The Kier molecular flexibility index (Phi) is 4.68. The minimum absolute atomic E-state index is 0.651. The van der Waals surface area contributed by atoms with E-state index in [0.717, 1.165) is 10.5 Å². The maximum Gasteiger partial charge on any atom is 0.0562 e. The van der Waals surface area contributed by atoms with Gasteiger partial charge in [-0.2, -0.15) is 0 Å². The van der Waals surface area contributed by atoms with Gasteiger partial charge in [-0.15, -0.1) is 11.8 Å². The molecule has 1 nitrogen and oxygen atoms in total. The molecular formula is C13H10Cl3NS. The molecule has 5 heteroatoms. The second kappa shape index (κ2) is 6.07. The van der Waals surface area contributed by atoms with E-state index in [1.807, 2.05) is 24.3 Å². The predicted molar refractivity (Wildman–Crippen MR) is 81.9 cm³/mol. The molecule has 94 valence electrons. The van der Waals surface area contributed by atoms with Gasteiger partial charge in [0, 0.05) is 26.4 Å². The molecule has 2 rings (SSSR count). The van der Waals surface area contributed by atoms with Crippen LogP contribution in [0.25, 0.3) is 0 Å². The van der Waals surface area contributed by atoms with Crippen molar-refractivity contribution in [3.63, 3.8) is 0 Å². The summed E-state index contributed by atoms with van der Waals surface area (Å²) in [6, 6.07) is 10.9. The first kappa shape index (κ1) is 13.9. The Balaban J connectivity index is 2.19. The van der Waals surface area contributed by atoms with Crippen molar-refractivity contribution in [2.24, 2.45) is 0 Å². The number of nitrogen functional groups attached to an aromatic ring is 1. The Morgan fingerprint density at radius 3 is 2.50 bits per heavy atom. The minimum atomic E-state index is 0.651. The van der Waals surface area contributed by atoms with Crippen molar-refractivity contribution in [2.45, 2.75) is 10.6 Å². The number of rotatable bonds is 3. The van der Waals surface area contributed by atoms with E-state index >= 15 is 0 Å². The molecule has 0 aliphatic carbocycles. The fourth-order valence-electron chi connectivity index (χ4n) is 1.48. The molecule has 18 heavy (non-hydrogen) atoms. The molecule has 0 aliphatic rings. The standard InChI is InChI=1S/C13H10Cl3NS/c14-9-4-5-10(15)8(6-9)7-18-13-11(16)2-1-3-12(13)17/h1-6H,7,17H2. The lowest BCUT2D eigenvalue weighted by atomic mass is 10.2. The number of halogens is 3. The van der Waals surface area contributed by atoms with Crippen molar-refractivity contribution in [3.8, 4) is 0 Å². The fourth-order valence-corrected chi connectivity index (χ4v) is 3.26. The van der Waals surface area contributed by atoms with E-state index in [1.54, 1.807) is 23.9 Å². The van der Waals surface area contributed by atoms with E-state index in [0.29, 0.717) is 26.5 Å². The van der Waals surface area contributed by atoms with Crippen LogP contribution in [0.1, 0.15) is 5.56 Å². The molecule has 0 saturated carbocycles. The molecule has 0 aromatic heterocycles. The van der Waals surface area contributed by atoms with Crippen LogP contribution >= 0.6 is 46.6 Å². The average molecular weight is 319 g/mol. The SMILES string of the molecule is Nc1cccc(Cl)c1SCc1cc(Cl)ccc1Cl. The first-order valence-corrected chi connectivity index (χ1v) is 7.30. The number of benzene rings is 2. The van der Waals surface area contributed by atoms with Gasteiger partial charge < -0.3 is 5.73 Å². The molecule has 0 bridgehead atoms. The van der Waals surface area contributed by atoms with Crippen molar-refractivity contribution in [2.75, 3.05) is 5.73 Å². The normalized spacial score (nSPS) is 10.6. The van der Waals surface area contributed by atoms with E-state index in [2.05, 4.69) is 0 Å². The van der Waals surface area contributed by atoms with Gasteiger partial charge in [0.1, 0.15) is 0 Å². The molecule has 0 amide bonds. The van der Waals surface area contributed by atoms with Gasteiger partial charge in [-0.25, -0.2) is 0 Å². The molecule has 0 spiro atoms. The van der Waals surface area contributed by atoms with Gasteiger partial charge in [0.2, 0.25) is 0 Å². The molecule has 2 aromatic carbocycles. The predicted octanol–water partition coefficient (Wildman–Crippen LogP) is 5.52. The number of hydrogen-bond acceptors (Lipinski definition) is 2. The quantitative estimate of drug-likeness (QED) is 0.595. The molecule has 0 unspecified atom stereocenters. The Hall–Kier alpha value is -0.540. The van der Waals surface area contributed by atoms with Gasteiger partial charge in [0.25, 0.3) is 0 Å². The van der Waals surface area contributed by atoms with Gasteiger partial charge in [-0.1, -0.05) is 40.9 Å². The second-order valence-corrected chi connectivity index (χ2v) is 5.92. The van der Waals surface area contributed by atoms with E-state index in [9.17, 15) is 0 Å². The zero-order valence-electron chi connectivity index (χ0n) is 9.29. The molecule has 0 fully saturated rings. The van der Waals surface area contributed by atoms with Crippen LogP contribution in [0.2, 0.25) is 15.1 Å². The van der Waals surface area contributed by atoms with Crippen LogP contribution in [0.5, 0.6) is 0 Å². The average Bonchev–Trinajstić information content (AvgIpc) is 2.33. The number of anilines is 1. The monoisotopic (exact) mass is 317 g/mol.